The van der Waals surface area contributed by atoms with E-state index in [2.05, 4.69) is 44.8 Å². The van der Waals surface area contributed by atoms with Crippen LogP contribution in [-0.2, 0) is 0 Å². The van der Waals surface area contributed by atoms with E-state index in [1.165, 1.54) is 5.56 Å². The first-order valence-corrected chi connectivity index (χ1v) is 9.65. The predicted octanol–water partition coefficient (Wildman–Crippen LogP) is 5.51. The van der Waals surface area contributed by atoms with Gasteiger partial charge in [-0.25, -0.2) is 9.78 Å². The summed E-state index contributed by atoms with van der Waals surface area (Å²) in [6, 6.07) is 9.59. The van der Waals surface area contributed by atoms with Crippen molar-refractivity contribution in [2.24, 2.45) is 0 Å². The summed E-state index contributed by atoms with van der Waals surface area (Å²) >= 11 is 0. The fourth-order valence-electron chi connectivity index (χ4n) is 3.24. The van der Waals surface area contributed by atoms with Crippen molar-refractivity contribution in [3.63, 3.8) is 0 Å². The molecule has 0 amide bonds. The van der Waals surface area contributed by atoms with Crippen LogP contribution in [0.25, 0.3) is 22.4 Å². The Morgan fingerprint density at radius 3 is 2.39 bits per heavy atom. The molecular weight excluding hydrogens is 354 g/mol. The summed E-state index contributed by atoms with van der Waals surface area (Å²) in [7, 11) is 1.57. The number of fused-ring (bicyclic) bond motifs is 1. The Labute approximate surface area is 165 Å². The molecule has 3 rings (SSSR count). The van der Waals surface area contributed by atoms with Gasteiger partial charge in [-0.15, -0.1) is 0 Å². The third kappa shape index (κ3) is 3.75. The second-order valence-electron chi connectivity index (χ2n) is 7.42. The lowest BCUT2D eigenvalue weighted by atomic mass is 9.91. The summed E-state index contributed by atoms with van der Waals surface area (Å²) in [6.45, 7) is 10.9. The van der Waals surface area contributed by atoms with Gasteiger partial charge in [-0.1, -0.05) is 39.8 Å². The average Bonchev–Trinajstić information content (AvgIpc) is 2.67. The zero-order chi connectivity index (χ0) is 20.4. The van der Waals surface area contributed by atoms with Crippen LogP contribution in [0, 0.1) is 0 Å². The van der Waals surface area contributed by atoms with Crippen molar-refractivity contribution in [3.05, 3.63) is 51.9 Å². The smallest absolute Gasteiger partial charge is 0.347 e. The first-order valence-electron chi connectivity index (χ1n) is 9.65. The van der Waals surface area contributed by atoms with Gasteiger partial charge in [0.15, 0.2) is 11.5 Å². The van der Waals surface area contributed by atoms with Crippen LogP contribution in [0.1, 0.15) is 57.6 Å². The van der Waals surface area contributed by atoms with Crippen molar-refractivity contribution in [2.45, 2.75) is 46.5 Å². The largest absolute Gasteiger partial charge is 0.493 e. The number of hydrogen-bond donors (Lipinski definition) is 0. The molecule has 0 radical (unpaired) electrons. The molecule has 0 spiro atoms. The molecule has 0 bridgehead atoms. The van der Waals surface area contributed by atoms with Crippen LogP contribution in [-0.4, -0.2) is 18.7 Å². The lowest BCUT2D eigenvalue weighted by molar-refractivity contribution is 0.311. The summed E-state index contributed by atoms with van der Waals surface area (Å²) in [5.74, 6) is 2.06. The molecule has 5 nitrogen and oxygen atoms in total. The number of methoxy groups -OCH3 is 1. The van der Waals surface area contributed by atoms with Gasteiger partial charge < -0.3 is 13.9 Å². The first kappa shape index (κ1) is 19.9. The number of rotatable bonds is 6. The van der Waals surface area contributed by atoms with Crippen LogP contribution in [0.3, 0.4) is 0 Å². The van der Waals surface area contributed by atoms with Crippen molar-refractivity contribution in [1.29, 1.82) is 0 Å². The predicted molar refractivity (Wildman–Crippen MR) is 112 cm³/mol. The van der Waals surface area contributed by atoms with Gasteiger partial charge in [-0.2, -0.15) is 0 Å². The lowest BCUT2D eigenvalue weighted by Gasteiger charge is -2.15. The molecule has 0 saturated carbocycles. The van der Waals surface area contributed by atoms with Crippen LogP contribution < -0.4 is 15.1 Å². The first-order chi connectivity index (χ1) is 13.3. The normalized spacial score (nSPS) is 11.4. The highest BCUT2D eigenvalue weighted by atomic mass is 16.5. The Kier molecular flexibility index (Phi) is 5.73. The van der Waals surface area contributed by atoms with Crippen LogP contribution in [0.15, 0.2) is 39.5 Å². The Morgan fingerprint density at radius 2 is 1.79 bits per heavy atom. The number of aromatic nitrogens is 1. The van der Waals surface area contributed by atoms with E-state index in [1.54, 1.807) is 19.2 Å². The van der Waals surface area contributed by atoms with Crippen LogP contribution >= 0.6 is 0 Å². The molecule has 0 atom stereocenters. The summed E-state index contributed by atoms with van der Waals surface area (Å²) in [5, 5.41) is 0.373. The summed E-state index contributed by atoms with van der Waals surface area (Å²) in [5.41, 5.74) is 3.28. The van der Waals surface area contributed by atoms with E-state index in [-0.39, 0.29) is 5.92 Å². The Balaban J connectivity index is 2.22. The summed E-state index contributed by atoms with van der Waals surface area (Å²) in [6.07, 6.45) is 0. The molecule has 3 aromatic rings. The zero-order valence-electron chi connectivity index (χ0n) is 17.3. The molecule has 0 aliphatic rings. The summed E-state index contributed by atoms with van der Waals surface area (Å²) < 4.78 is 16.6. The molecule has 28 heavy (non-hydrogen) atoms. The van der Waals surface area contributed by atoms with Crippen LogP contribution in [0.5, 0.6) is 11.5 Å². The second-order valence-corrected chi connectivity index (χ2v) is 7.42. The fraction of sp³-hybridized carbons (Fsp3) is 0.391. The Morgan fingerprint density at radius 1 is 1.04 bits per heavy atom. The van der Waals surface area contributed by atoms with Gasteiger partial charge >= 0.3 is 5.63 Å². The zero-order valence-corrected chi connectivity index (χ0v) is 17.3. The molecule has 0 unspecified atom stereocenters. The van der Waals surface area contributed by atoms with Gasteiger partial charge in [0, 0.05) is 17.7 Å². The van der Waals surface area contributed by atoms with Gasteiger partial charge in [0.25, 0.3) is 0 Å². The molecule has 0 fully saturated rings. The van der Waals surface area contributed by atoms with Gasteiger partial charge in [0.05, 0.1) is 24.6 Å². The number of hydrogen-bond acceptors (Lipinski definition) is 5. The molecule has 0 N–H and O–H groups in total. The van der Waals surface area contributed by atoms with Crippen molar-refractivity contribution < 1.29 is 13.9 Å². The maximum Gasteiger partial charge on any atom is 0.347 e. The number of ether oxygens (including phenoxy) is 2. The van der Waals surface area contributed by atoms with Crippen molar-refractivity contribution >= 4 is 10.9 Å². The third-order valence-electron chi connectivity index (χ3n) is 4.81. The number of nitrogens with zero attached hydrogens (tertiary/aromatic N) is 1. The highest BCUT2D eigenvalue weighted by Gasteiger charge is 2.18. The number of benzene rings is 2. The van der Waals surface area contributed by atoms with Gasteiger partial charge in [-0.05, 0) is 36.0 Å². The monoisotopic (exact) mass is 381 g/mol. The fourth-order valence-corrected chi connectivity index (χ4v) is 3.24. The average molecular weight is 381 g/mol. The van der Waals surface area contributed by atoms with E-state index in [4.69, 9.17) is 13.9 Å². The van der Waals surface area contributed by atoms with Crippen molar-refractivity contribution in [3.8, 4) is 23.0 Å². The Hall–Kier alpha value is -2.82. The highest BCUT2D eigenvalue weighted by molar-refractivity contribution is 5.83. The lowest BCUT2D eigenvalue weighted by Crippen LogP contribution is -2.06. The minimum atomic E-state index is -0.439. The topological polar surface area (TPSA) is 61.6 Å². The Bertz CT molecular complexity index is 1050. The minimum Gasteiger partial charge on any atom is -0.493 e. The van der Waals surface area contributed by atoms with E-state index >= 15 is 0 Å². The molecule has 2 aromatic carbocycles. The molecule has 1 aromatic heterocycles. The van der Waals surface area contributed by atoms with Crippen molar-refractivity contribution in [1.82, 2.24) is 4.98 Å². The molecule has 1 heterocycles. The van der Waals surface area contributed by atoms with E-state index in [9.17, 15) is 4.79 Å². The van der Waals surface area contributed by atoms with Crippen LogP contribution in [0.4, 0.5) is 0 Å². The maximum absolute atomic E-state index is 12.7. The second kappa shape index (κ2) is 8.05. The van der Waals surface area contributed by atoms with E-state index in [0.29, 0.717) is 40.8 Å². The molecule has 5 heteroatoms. The van der Waals surface area contributed by atoms with Gasteiger partial charge in [0.2, 0.25) is 5.89 Å². The maximum atomic E-state index is 12.7. The summed E-state index contributed by atoms with van der Waals surface area (Å²) in [4.78, 5) is 17.3. The van der Waals surface area contributed by atoms with E-state index in [0.717, 1.165) is 11.1 Å². The molecule has 148 valence electrons. The standard InChI is InChI=1S/C23H27NO4/c1-7-27-21-11-18-19(12-20(21)26-6)24-22(28-23(18)25)16-9-8-15(13(2)3)10-17(16)14(4)5/h8-14H,7H2,1-6H3. The molecule has 0 saturated heterocycles. The molecular formula is C23H27NO4. The highest BCUT2D eigenvalue weighted by Crippen LogP contribution is 2.34. The van der Waals surface area contributed by atoms with Gasteiger partial charge in [-0.3, -0.25) is 0 Å². The SMILES string of the molecule is CCOc1cc2c(=O)oc(-c3ccc(C(C)C)cc3C(C)C)nc2cc1OC. The molecule has 0 aliphatic carbocycles. The van der Waals surface area contributed by atoms with E-state index in [1.807, 2.05) is 13.0 Å². The quantitative estimate of drug-likeness (QED) is 0.563. The van der Waals surface area contributed by atoms with Gasteiger partial charge in [0.1, 0.15) is 0 Å². The van der Waals surface area contributed by atoms with Crippen LogP contribution in [0.2, 0.25) is 0 Å². The molecule has 0 aliphatic heterocycles. The van der Waals surface area contributed by atoms with Crippen molar-refractivity contribution in [2.75, 3.05) is 13.7 Å². The van der Waals surface area contributed by atoms with E-state index < -0.39 is 5.63 Å². The third-order valence-corrected chi connectivity index (χ3v) is 4.81. The minimum absolute atomic E-state index is 0.270.